The number of thiazole rings is 1. The van der Waals surface area contributed by atoms with E-state index in [1.807, 2.05) is 18.2 Å². The van der Waals surface area contributed by atoms with Gasteiger partial charge in [0, 0.05) is 47.5 Å². The molecular formula is C22H26ClF2N3S. The normalized spacial score (nSPS) is 11.8. The Labute approximate surface area is 180 Å². The summed E-state index contributed by atoms with van der Waals surface area (Å²) in [5.74, 6) is -2.55. The molecule has 0 spiro atoms. The van der Waals surface area contributed by atoms with Gasteiger partial charge in [0.2, 0.25) is 0 Å². The molecule has 1 aromatic heterocycles. The van der Waals surface area contributed by atoms with Crippen LogP contribution in [0.25, 0.3) is 6.08 Å². The van der Waals surface area contributed by atoms with Crippen molar-refractivity contribution >= 4 is 29.0 Å². The van der Waals surface area contributed by atoms with Gasteiger partial charge in [-0.25, -0.2) is 4.98 Å². The Hall–Kier alpha value is -2.18. The zero-order valence-corrected chi connectivity index (χ0v) is 18.4. The van der Waals surface area contributed by atoms with Gasteiger partial charge in [-0.15, -0.1) is 11.3 Å². The Morgan fingerprint density at radius 1 is 1.28 bits per heavy atom. The van der Waals surface area contributed by atoms with Crippen LogP contribution in [0, 0.1) is 5.92 Å². The first-order valence-electron chi connectivity index (χ1n) is 9.21. The van der Waals surface area contributed by atoms with E-state index in [0.717, 1.165) is 35.1 Å². The molecule has 0 aliphatic rings. The molecule has 0 aliphatic heterocycles. The summed E-state index contributed by atoms with van der Waals surface area (Å²) in [4.78, 5) is 4.40. The van der Waals surface area contributed by atoms with E-state index in [1.54, 1.807) is 12.2 Å². The van der Waals surface area contributed by atoms with Crippen molar-refractivity contribution < 1.29 is 8.78 Å². The van der Waals surface area contributed by atoms with Crippen LogP contribution in [0.5, 0.6) is 0 Å². The molecule has 0 saturated heterocycles. The van der Waals surface area contributed by atoms with E-state index in [1.165, 1.54) is 6.20 Å². The molecule has 2 rings (SSSR count). The maximum atomic E-state index is 13.3. The summed E-state index contributed by atoms with van der Waals surface area (Å²) in [5.41, 5.74) is 3.69. The standard InChI is InChI=1S/C22H26ClF2N3S/c1-14(2)16(4)27-11-17-7-9-20(23)18(10-17)12-26-15(3)6-8-19-13-28-21(29-19)22(5,24)25/h6-10,13-14,26-27H,3-4,11-12H2,1-2,5H3/b8-6+. The van der Waals surface area contributed by atoms with Crippen molar-refractivity contribution in [2.45, 2.75) is 39.8 Å². The van der Waals surface area contributed by atoms with Gasteiger partial charge in [0.25, 0.3) is 5.92 Å². The summed E-state index contributed by atoms with van der Waals surface area (Å²) in [5, 5.41) is 6.97. The molecule has 0 bridgehead atoms. The number of rotatable bonds is 10. The smallest absolute Gasteiger partial charge is 0.296 e. The highest BCUT2D eigenvalue weighted by Gasteiger charge is 2.27. The average Bonchev–Trinajstić information content (AvgIpc) is 3.13. The quantitative estimate of drug-likeness (QED) is 0.417. The first-order chi connectivity index (χ1) is 13.6. The summed E-state index contributed by atoms with van der Waals surface area (Å²) in [7, 11) is 0. The lowest BCUT2D eigenvalue weighted by atomic mass is 10.1. The molecule has 1 aromatic carbocycles. The maximum Gasteiger partial charge on any atom is 0.296 e. The lowest BCUT2D eigenvalue weighted by molar-refractivity contribution is 0.0172. The minimum Gasteiger partial charge on any atom is -0.385 e. The third-order valence-corrected chi connectivity index (χ3v) is 5.68. The number of halogens is 3. The van der Waals surface area contributed by atoms with Crippen LogP contribution in [0.3, 0.4) is 0 Å². The fraction of sp³-hybridized carbons (Fsp3) is 0.318. The second-order valence-electron chi connectivity index (χ2n) is 7.13. The highest BCUT2D eigenvalue weighted by molar-refractivity contribution is 7.12. The Kier molecular flexibility index (Phi) is 7.99. The van der Waals surface area contributed by atoms with Crippen molar-refractivity contribution in [1.82, 2.24) is 15.6 Å². The first kappa shape index (κ1) is 23.1. The van der Waals surface area contributed by atoms with Crippen molar-refractivity contribution in [3.05, 3.63) is 81.1 Å². The third kappa shape index (κ3) is 7.29. The molecule has 156 valence electrons. The molecule has 0 amide bonds. The summed E-state index contributed by atoms with van der Waals surface area (Å²) in [6.45, 7) is 14.2. The Balaban J connectivity index is 1.93. The molecule has 29 heavy (non-hydrogen) atoms. The zero-order chi connectivity index (χ0) is 21.6. The molecule has 2 aromatic rings. The number of nitrogens with one attached hydrogen (secondary N) is 2. The predicted molar refractivity (Wildman–Crippen MR) is 119 cm³/mol. The lowest BCUT2D eigenvalue weighted by Crippen LogP contribution is -2.16. The fourth-order valence-corrected chi connectivity index (χ4v) is 3.24. The molecule has 0 unspecified atom stereocenters. The molecule has 7 heteroatoms. The highest BCUT2D eigenvalue weighted by atomic mass is 35.5. The fourth-order valence-electron chi connectivity index (χ4n) is 2.31. The third-order valence-electron chi connectivity index (χ3n) is 4.18. The Morgan fingerprint density at radius 3 is 2.62 bits per heavy atom. The van der Waals surface area contributed by atoms with E-state index in [2.05, 4.69) is 42.6 Å². The van der Waals surface area contributed by atoms with Gasteiger partial charge >= 0.3 is 0 Å². The van der Waals surface area contributed by atoms with Crippen LogP contribution in [-0.4, -0.2) is 4.98 Å². The highest BCUT2D eigenvalue weighted by Crippen LogP contribution is 2.31. The van der Waals surface area contributed by atoms with E-state index in [4.69, 9.17) is 11.6 Å². The minimum atomic E-state index is -2.93. The number of nitrogens with zero attached hydrogens (tertiary/aromatic N) is 1. The monoisotopic (exact) mass is 437 g/mol. The van der Waals surface area contributed by atoms with E-state index < -0.39 is 5.92 Å². The molecule has 2 N–H and O–H groups in total. The van der Waals surface area contributed by atoms with Gasteiger partial charge < -0.3 is 10.6 Å². The van der Waals surface area contributed by atoms with Gasteiger partial charge in [-0.1, -0.05) is 50.7 Å². The van der Waals surface area contributed by atoms with Crippen LogP contribution in [0.2, 0.25) is 5.02 Å². The van der Waals surface area contributed by atoms with Crippen LogP contribution < -0.4 is 10.6 Å². The maximum absolute atomic E-state index is 13.3. The number of hydrogen-bond donors (Lipinski definition) is 2. The Bertz CT molecular complexity index is 898. The van der Waals surface area contributed by atoms with Crippen molar-refractivity contribution in [3.63, 3.8) is 0 Å². The SMILES string of the molecule is C=C(/C=C/c1cnc(C(C)(F)F)s1)NCc1cc(CNC(=C)C(C)C)ccc1Cl. The van der Waals surface area contributed by atoms with Gasteiger partial charge in [0.15, 0.2) is 5.01 Å². The number of allylic oxidation sites excluding steroid dienone is 2. The summed E-state index contributed by atoms with van der Waals surface area (Å²) >= 11 is 7.27. The van der Waals surface area contributed by atoms with Gasteiger partial charge in [-0.3, -0.25) is 0 Å². The number of benzene rings is 1. The number of aromatic nitrogens is 1. The van der Waals surface area contributed by atoms with Gasteiger partial charge in [0.05, 0.1) is 0 Å². The van der Waals surface area contributed by atoms with E-state index >= 15 is 0 Å². The van der Waals surface area contributed by atoms with Crippen LogP contribution in [0.1, 0.15) is 41.8 Å². The number of alkyl halides is 2. The summed E-state index contributed by atoms with van der Waals surface area (Å²) in [6.07, 6.45) is 4.87. The average molecular weight is 438 g/mol. The minimum absolute atomic E-state index is 0.201. The molecule has 0 fully saturated rings. The van der Waals surface area contributed by atoms with E-state index in [0.29, 0.717) is 34.6 Å². The van der Waals surface area contributed by atoms with E-state index in [-0.39, 0.29) is 5.01 Å². The molecule has 0 atom stereocenters. The van der Waals surface area contributed by atoms with Gasteiger partial charge in [0.1, 0.15) is 0 Å². The molecule has 0 radical (unpaired) electrons. The predicted octanol–water partition coefficient (Wildman–Crippen LogP) is 6.48. The topological polar surface area (TPSA) is 37.0 Å². The van der Waals surface area contributed by atoms with Crippen molar-refractivity contribution in [2.75, 3.05) is 0 Å². The van der Waals surface area contributed by atoms with Crippen LogP contribution >= 0.6 is 22.9 Å². The second kappa shape index (κ2) is 10.0. The molecular weight excluding hydrogens is 412 g/mol. The molecule has 0 aliphatic carbocycles. The van der Waals surface area contributed by atoms with Crippen LogP contribution in [0.15, 0.2) is 55.0 Å². The van der Waals surface area contributed by atoms with E-state index in [9.17, 15) is 8.78 Å². The van der Waals surface area contributed by atoms with Gasteiger partial charge in [-0.05, 0) is 35.3 Å². The molecule has 0 saturated carbocycles. The zero-order valence-electron chi connectivity index (χ0n) is 16.9. The van der Waals surface area contributed by atoms with Crippen molar-refractivity contribution in [2.24, 2.45) is 5.92 Å². The van der Waals surface area contributed by atoms with Crippen molar-refractivity contribution in [3.8, 4) is 0 Å². The number of hydrogen-bond acceptors (Lipinski definition) is 4. The second-order valence-corrected chi connectivity index (χ2v) is 8.60. The first-order valence-corrected chi connectivity index (χ1v) is 10.4. The van der Waals surface area contributed by atoms with Crippen molar-refractivity contribution in [1.29, 1.82) is 0 Å². The van der Waals surface area contributed by atoms with Crippen LogP contribution in [-0.2, 0) is 19.0 Å². The molecule has 1 heterocycles. The Morgan fingerprint density at radius 2 is 2.00 bits per heavy atom. The lowest BCUT2D eigenvalue weighted by Gasteiger charge is -2.14. The van der Waals surface area contributed by atoms with Crippen LogP contribution in [0.4, 0.5) is 8.78 Å². The summed E-state index contributed by atoms with van der Waals surface area (Å²) in [6, 6.07) is 5.88. The molecule has 3 nitrogen and oxygen atoms in total. The summed E-state index contributed by atoms with van der Waals surface area (Å²) < 4.78 is 26.5. The van der Waals surface area contributed by atoms with Gasteiger partial charge in [-0.2, -0.15) is 8.78 Å². The largest absolute Gasteiger partial charge is 0.385 e.